The summed E-state index contributed by atoms with van der Waals surface area (Å²) < 4.78 is 2.23. The Bertz CT molecular complexity index is 1290. The lowest BCUT2D eigenvalue weighted by Gasteiger charge is -2.11. The summed E-state index contributed by atoms with van der Waals surface area (Å²) >= 11 is 2.65. The molecule has 5 rings (SSSR count). The predicted molar refractivity (Wildman–Crippen MR) is 135 cm³/mol. The molecule has 1 aliphatic carbocycles. The van der Waals surface area contributed by atoms with E-state index in [-0.39, 0.29) is 17.7 Å². The van der Waals surface area contributed by atoms with Gasteiger partial charge < -0.3 is 20.1 Å². The van der Waals surface area contributed by atoms with Gasteiger partial charge >= 0.3 is 0 Å². The van der Waals surface area contributed by atoms with Crippen molar-refractivity contribution in [1.29, 1.82) is 0 Å². The molecule has 8 nitrogen and oxygen atoms in total. The first kappa shape index (κ1) is 21.9. The van der Waals surface area contributed by atoms with Gasteiger partial charge in [0.2, 0.25) is 5.91 Å². The van der Waals surface area contributed by atoms with Crippen molar-refractivity contribution in [2.45, 2.75) is 19.4 Å². The molecule has 3 aromatic rings. The fraction of sp³-hybridized carbons (Fsp3) is 0.304. The van der Waals surface area contributed by atoms with Crippen LogP contribution in [-0.4, -0.2) is 52.1 Å². The number of amidine groups is 1. The number of thioether (sulfide) groups is 1. The van der Waals surface area contributed by atoms with Crippen molar-refractivity contribution in [3.05, 3.63) is 46.4 Å². The number of nitrogens with zero attached hydrogens (tertiary/aromatic N) is 4. The van der Waals surface area contributed by atoms with Crippen molar-refractivity contribution in [2.75, 3.05) is 26.0 Å². The van der Waals surface area contributed by atoms with E-state index in [4.69, 9.17) is 0 Å². The number of benzene rings is 1. The van der Waals surface area contributed by atoms with E-state index < -0.39 is 0 Å². The maximum Gasteiger partial charge on any atom is 0.264 e. The number of hydrogen-bond donors (Lipinski definition) is 2. The maximum absolute atomic E-state index is 12.4. The number of fused-ring (bicyclic) bond motifs is 1. The minimum absolute atomic E-state index is 0.0240. The SMILES string of the molecule is CN(C)CCn1ccc2cc(N=C3NC(=O)/C(=C/c4cnc(NC(=O)C5CC5)s4)S3)ccc21. The molecule has 1 aliphatic heterocycles. The van der Waals surface area contributed by atoms with Crippen LogP contribution in [0.15, 0.2) is 46.6 Å². The van der Waals surface area contributed by atoms with Gasteiger partial charge in [0.15, 0.2) is 10.3 Å². The lowest BCUT2D eigenvalue weighted by atomic mass is 10.2. The van der Waals surface area contributed by atoms with E-state index in [9.17, 15) is 9.59 Å². The quantitative estimate of drug-likeness (QED) is 0.501. The van der Waals surface area contributed by atoms with Crippen molar-refractivity contribution >= 4 is 67.9 Å². The molecule has 2 aromatic heterocycles. The average molecular weight is 481 g/mol. The number of anilines is 1. The number of rotatable bonds is 7. The number of thiazole rings is 1. The molecule has 2 amide bonds. The second-order valence-electron chi connectivity index (χ2n) is 8.37. The van der Waals surface area contributed by atoms with Crippen LogP contribution in [0.5, 0.6) is 0 Å². The molecule has 33 heavy (non-hydrogen) atoms. The Morgan fingerprint density at radius 1 is 1.36 bits per heavy atom. The Hall–Kier alpha value is -2.95. The monoisotopic (exact) mass is 480 g/mol. The highest BCUT2D eigenvalue weighted by atomic mass is 32.2. The van der Waals surface area contributed by atoms with E-state index in [1.807, 2.05) is 12.1 Å². The minimum Gasteiger partial charge on any atom is -0.346 e. The van der Waals surface area contributed by atoms with Crippen LogP contribution < -0.4 is 10.6 Å². The van der Waals surface area contributed by atoms with Gasteiger partial charge in [0.05, 0.1) is 15.5 Å². The van der Waals surface area contributed by atoms with Crippen LogP contribution in [0.2, 0.25) is 0 Å². The minimum atomic E-state index is -0.188. The summed E-state index contributed by atoms with van der Waals surface area (Å²) in [6.07, 6.45) is 7.43. The summed E-state index contributed by atoms with van der Waals surface area (Å²) in [5.41, 5.74) is 1.96. The Balaban J connectivity index is 1.28. The Morgan fingerprint density at radius 2 is 2.21 bits per heavy atom. The van der Waals surface area contributed by atoms with Gasteiger partial charge in [0, 0.05) is 42.3 Å². The van der Waals surface area contributed by atoms with Crippen molar-refractivity contribution in [3.8, 4) is 0 Å². The number of carbonyl (C=O) groups excluding carboxylic acids is 2. The molecule has 2 aliphatic rings. The number of likely N-dealkylation sites (N-methyl/N-ethyl adjacent to an activating group) is 1. The number of amides is 2. The van der Waals surface area contributed by atoms with Gasteiger partial charge in [-0.3, -0.25) is 9.59 Å². The lowest BCUT2D eigenvalue weighted by molar-refractivity contribution is -0.117. The van der Waals surface area contributed by atoms with E-state index in [0.29, 0.717) is 15.2 Å². The molecule has 2 N–H and O–H groups in total. The lowest BCUT2D eigenvalue weighted by Crippen LogP contribution is -2.19. The molecule has 2 fully saturated rings. The van der Waals surface area contributed by atoms with Crippen molar-refractivity contribution in [2.24, 2.45) is 10.9 Å². The first-order chi connectivity index (χ1) is 15.9. The van der Waals surface area contributed by atoms with Gasteiger partial charge in [0.25, 0.3) is 5.91 Å². The third kappa shape index (κ3) is 5.18. The Morgan fingerprint density at radius 3 is 3.00 bits per heavy atom. The highest BCUT2D eigenvalue weighted by Gasteiger charge is 2.30. The first-order valence-electron chi connectivity index (χ1n) is 10.7. The van der Waals surface area contributed by atoms with E-state index in [2.05, 4.69) is 62.5 Å². The molecule has 1 saturated heterocycles. The molecular weight excluding hydrogens is 456 g/mol. The topological polar surface area (TPSA) is 91.6 Å². The zero-order valence-electron chi connectivity index (χ0n) is 18.4. The molecule has 170 valence electrons. The highest BCUT2D eigenvalue weighted by Crippen LogP contribution is 2.33. The summed E-state index contributed by atoms with van der Waals surface area (Å²) in [6.45, 7) is 1.90. The average Bonchev–Trinajstić information content (AvgIpc) is 3.29. The van der Waals surface area contributed by atoms with Crippen LogP contribution >= 0.6 is 23.1 Å². The van der Waals surface area contributed by atoms with Gasteiger partial charge in [-0.05, 0) is 69.0 Å². The summed E-state index contributed by atoms with van der Waals surface area (Å²) in [5, 5.41) is 7.89. The summed E-state index contributed by atoms with van der Waals surface area (Å²) in [6, 6.07) is 8.15. The summed E-state index contributed by atoms with van der Waals surface area (Å²) in [7, 11) is 4.13. The number of nitrogens with one attached hydrogen (secondary N) is 2. The van der Waals surface area contributed by atoms with Crippen LogP contribution in [0.4, 0.5) is 10.8 Å². The Labute approximate surface area is 199 Å². The fourth-order valence-electron chi connectivity index (χ4n) is 3.45. The second kappa shape index (κ2) is 9.12. The van der Waals surface area contributed by atoms with Crippen molar-refractivity contribution < 1.29 is 9.59 Å². The normalized spacial score (nSPS) is 18.6. The molecule has 0 bridgehead atoms. The largest absolute Gasteiger partial charge is 0.346 e. The molecule has 3 heterocycles. The molecule has 0 unspecified atom stereocenters. The first-order valence-corrected chi connectivity index (χ1v) is 12.4. The fourth-order valence-corrected chi connectivity index (χ4v) is 5.12. The van der Waals surface area contributed by atoms with Gasteiger partial charge in [-0.2, -0.15) is 0 Å². The molecule has 1 aromatic carbocycles. The standard InChI is InChI=1S/C23H24N6O2S2/c1-28(2)9-10-29-8-7-15-11-16(5-6-18(15)29)25-23-27-21(31)19(33-23)12-17-13-24-22(32-17)26-20(30)14-3-4-14/h5-8,11-14H,3-4,9-10H2,1-2H3,(H,24,26,30)(H,25,27,31)/b19-12-. The number of carbonyl (C=O) groups is 2. The third-order valence-corrected chi connectivity index (χ3v) is 7.17. The van der Waals surface area contributed by atoms with Crippen LogP contribution in [0.3, 0.4) is 0 Å². The Kier molecular flexibility index (Phi) is 6.05. The van der Waals surface area contributed by atoms with E-state index in [1.54, 1.807) is 12.3 Å². The summed E-state index contributed by atoms with van der Waals surface area (Å²) in [5.74, 6) is -0.0379. The zero-order valence-corrected chi connectivity index (χ0v) is 20.0. The molecule has 10 heteroatoms. The number of aliphatic imine (C=N–C) groups is 1. The van der Waals surface area contributed by atoms with Crippen LogP contribution in [-0.2, 0) is 16.1 Å². The van der Waals surface area contributed by atoms with Gasteiger partial charge in [-0.25, -0.2) is 9.98 Å². The summed E-state index contributed by atoms with van der Waals surface area (Å²) in [4.78, 5) is 36.7. The second-order valence-corrected chi connectivity index (χ2v) is 10.5. The van der Waals surface area contributed by atoms with Gasteiger partial charge in [-0.1, -0.05) is 11.3 Å². The van der Waals surface area contributed by atoms with Crippen LogP contribution in [0, 0.1) is 5.92 Å². The molecule has 0 spiro atoms. The molecule has 0 atom stereocenters. The molecule has 1 saturated carbocycles. The van der Waals surface area contributed by atoms with Crippen LogP contribution in [0.1, 0.15) is 17.7 Å². The van der Waals surface area contributed by atoms with E-state index in [0.717, 1.165) is 41.9 Å². The number of aromatic nitrogens is 2. The zero-order chi connectivity index (χ0) is 22.9. The predicted octanol–water partition coefficient (Wildman–Crippen LogP) is 3.90. The third-order valence-electron chi connectivity index (χ3n) is 5.40. The molecule has 0 radical (unpaired) electrons. The van der Waals surface area contributed by atoms with Crippen molar-refractivity contribution in [1.82, 2.24) is 19.8 Å². The van der Waals surface area contributed by atoms with E-state index in [1.165, 1.54) is 28.6 Å². The maximum atomic E-state index is 12.4. The highest BCUT2D eigenvalue weighted by molar-refractivity contribution is 8.18. The van der Waals surface area contributed by atoms with Crippen molar-refractivity contribution in [3.63, 3.8) is 0 Å². The smallest absolute Gasteiger partial charge is 0.264 e. The molecular formula is C23H24N6O2S2. The van der Waals surface area contributed by atoms with Gasteiger partial charge in [0.1, 0.15) is 0 Å². The van der Waals surface area contributed by atoms with Gasteiger partial charge in [-0.15, -0.1) is 0 Å². The van der Waals surface area contributed by atoms with Crippen LogP contribution in [0.25, 0.3) is 17.0 Å². The van der Waals surface area contributed by atoms with E-state index >= 15 is 0 Å². The number of hydrogen-bond acceptors (Lipinski definition) is 7.